The second-order valence-electron chi connectivity index (χ2n) is 8.29. The molecular formula is C24H32N2O4S. The molecule has 0 bridgehead atoms. The van der Waals surface area contributed by atoms with E-state index in [-0.39, 0.29) is 11.3 Å². The van der Waals surface area contributed by atoms with Gasteiger partial charge in [0.2, 0.25) is 15.9 Å². The Morgan fingerprint density at radius 1 is 1.10 bits per heavy atom. The van der Waals surface area contributed by atoms with Gasteiger partial charge in [0.05, 0.1) is 11.9 Å². The summed E-state index contributed by atoms with van der Waals surface area (Å²) in [5, 5.41) is 3.08. The molecule has 0 radical (unpaired) electrons. The van der Waals surface area contributed by atoms with Crippen molar-refractivity contribution in [2.75, 3.05) is 30.3 Å². The quantitative estimate of drug-likeness (QED) is 0.677. The Hall–Kier alpha value is -2.38. The fourth-order valence-electron chi connectivity index (χ4n) is 4.25. The molecule has 31 heavy (non-hydrogen) atoms. The number of rotatable bonds is 8. The third-order valence-electron chi connectivity index (χ3n) is 6.06. The van der Waals surface area contributed by atoms with Crippen LogP contribution in [0.3, 0.4) is 0 Å². The van der Waals surface area contributed by atoms with E-state index in [1.807, 2.05) is 44.2 Å². The lowest BCUT2D eigenvalue weighted by Crippen LogP contribution is -2.52. The van der Waals surface area contributed by atoms with E-state index in [0.29, 0.717) is 31.9 Å². The Morgan fingerprint density at radius 2 is 1.71 bits per heavy atom. The summed E-state index contributed by atoms with van der Waals surface area (Å²) in [6.07, 6.45) is 3.13. The van der Waals surface area contributed by atoms with Crippen LogP contribution in [-0.2, 0) is 25.0 Å². The minimum atomic E-state index is -3.65. The van der Waals surface area contributed by atoms with Crippen LogP contribution < -0.4 is 9.62 Å². The predicted octanol–water partition coefficient (Wildman–Crippen LogP) is 3.40. The van der Waals surface area contributed by atoms with Crippen molar-refractivity contribution in [2.24, 2.45) is 0 Å². The van der Waals surface area contributed by atoms with Gasteiger partial charge in [-0.05, 0) is 43.9 Å². The molecule has 1 aliphatic heterocycles. The van der Waals surface area contributed by atoms with Gasteiger partial charge in [0.1, 0.15) is 6.04 Å². The van der Waals surface area contributed by atoms with Gasteiger partial charge < -0.3 is 10.1 Å². The van der Waals surface area contributed by atoms with Crippen molar-refractivity contribution in [3.63, 3.8) is 0 Å². The Balaban J connectivity index is 1.84. The second-order valence-corrected chi connectivity index (χ2v) is 10.2. The van der Waals surface area contributed by atoms with E-state index in [2.05, 4.69) is 17.4 Å². The molecule has 0 saturated carbocycles. The molecule has 1 saturated heterocycles. The molecule has 2 aromatic rings. The Labute approximate surface area is 185 Å². The molecule has 6 nitrogen and oxygen atoms in total. The monoisotopic (exact) mass is 444 g/mol. The number of carbonyl (C=O) groups is 1. The zero-order valence-corrected chi connectivity index (χ0v) is 19.3. The topological polar surface area (TPSA) is 75.7 Å². The number of sulfonamides is 1. The molecule has 1 fully saturated rings. The summed E-state index contributed by atoms with van der Waals surface area (Å²) < 4.78 is 32.1. The van der Waals surface area contributed by atoms with Crippen molar-refractivity contribution < 1.29 is 17.9 Å². The van der Waals surface area contributed by atoms with Crippen LogP contribution >= 0.6 is 0 Å². The number of aryl methyl sites for hydroxylation is 1. The zero-order valence-electron chi connectivity index (χ0n) is 18.5. The molecule has 0 aromatic heterocycles. The van der Waals surface area contributed by atoms with Crippen molar-refractivity contribution in [2.45, 2.75) is 44.6 Å². The summed E-state index contributed by atoms with van der Waals surface area (Å²) >= 11 is 0. The summed E-state index contributed by atoms with van der Waals surface area (Å²) in [5.41, 5.74) is 2.48. The highest BCUT2D eigenvalue weighted by molar-refractivity contribution is 7.92. The summed E-state index contributed by atoms with van der Waals surface area (Å²) in [7, 11) is -3.65. The van der Waals surface area contributed by atoms with Gasteiger partial charge in [0, 0.05) is 25.2 Å². The van der Waals surface area contributed by atoms with Gasteiger partial charge in [0.15, 0.2) is 0 Å². The second kappa shape index (κ2) is 9.83. The van der Waals surface area contributed by atoms with Crippen LogP contribution in [0.1, 0.15) is 37.3 Å². The summed E-state index contributed by atoms with van der Waals surface area (Å²) in [4.78, 5) is 13.3. The SMILES string of the molecule is CC[C@H](C(=O)NCC1(c2ccccc2)CCOCC1)N(c1ccc(C)cc1)S(C)(=O)=O. The molecule has 1 heterocycles. The molecule has 0 aliphatic carbocycles. The third kappa shape index (κ3) is 5.46. The fourth-order valence-corrected chi connectivity index (χ4v) is 5.46. The minimum Gasteiger partial charge on any atom is -0.381 e. The number of hydrogen-bond acceptors (Lipinski definition) is 4. The molecular weight excluding hydrogens is 412 g/mol. The standard InChI is InChI=1S/C24H32N2O4S/c1-4-22(26(31(3,28)29)21-12-10-19(2)11-13-21)23(27)25-18-24(14-16-30-17-15-24)20-8-6-5-7-9-20/h5-13,22H,4,14-18H2,1-3H3,(H,25,27)/t22-/m1/s1. The van der Waals surface area contributed by atoms with Gasteiger partial charge in [-0.25, -0.2) is 8.42 Å². The van der Waals surface area contributed by atoms with Crippen molar-refractivity contribution >= 4 is 21.6 Å². The van der Waals surface area contributed by atoms with E-state index in [1.165, 1.54) is 9.87 Å². The number of anilines is 1. The molecule has 2 aromatic carbocycles. The first-order chi connectivity index (χ1) is 14.8. The van der Waals surface area contributed by atoms with Gasteiger partial charge in [0.25, 0.3) is 0 Å². The van der Waals surface area contributed by atoms with Gasteiger partial charge in [-0.2, -0.15) is 0 Å². The van der Waals surface area contributed by atoms with Crippen molar-refractivity contribution in [3.05, 3.63) is 65.7 Å². The van der Waals surface area contributed by atoms with Crippen LogP contribution in [0, 0.1) is 6.92 Å². The van der Waals surface area contributed by atoms with Crippen molar-refractivity contribution in [3.8, 4) is 0 Å². The molecule has 1 amide bonds. The fraction of sp³-hybridized carbons (Fsp3) is 0.458. The normalized spacial score (nSPS) is 17.0. The summed E-state index contributed by atoms with van der Waals surface area (Å²) in [5.74, 6) is -0.282. The van der Waals surface area contributed by atoms with Crippen LogP contribution in [0.25, 0.3) is 0 Å². The predicted molar refractivity (Wildman–Crippen MR) is 124 cm³/mol. The number of ether oxygens (including phenoxy) is 1. The van der Waals surface area contributed by atoms with Crippen molar-refractivity contribution in [1.29, 1.82) is 0 Å². The summed E-state index contributed by atoms with van der Waals surface area (Å²) in [6, 6.07) is 16.5. The Morgan fingerprint density at radius 3 is 2.26 bits per heavy atom. The Kier molecular flexibility index (Phi) is 7.38. The van der Waals surface area contributed by atoms with Crippen LogP contribution in [-0.4, -0.2) is 46.4 Å². The van der Waals surface area contributed by atoms with Crippen LogP contribution in [0.5, 0.6) is 0 Å². The van der Waals surface area contributed by atoms with E-state index in [0.717, 1.165) is 24.7 Å². The van der Waals surface area contributed by atoms with Crippen LogP contribution in [0.4, 0.5) is 5.69 Å². The van der Waals surface area contributed by atoms with E-state index in [4.69, 9.17) is 4.74 Å². The number of benzene rings is 2. The highest BCUT2D eigenvalue weighted by Crippen LogP contribution is 2.34. The largest absolute Gasteiger partial charge is 0.381 e. The number of nitrogens with zero attached hydrogens (tertiary/aromatic N) is 1. The molecule has 3 rings (SSSR count). The maximum atomic E-state index is 13.3. The van der Waals surface area contributed by atoms with E-state index >= 15 is 0 Å². The van der Waals surface area contributed by atoms with Gasteiger partial charge >= 0.3 is 0 Å². The first kappa shape index (κ1) is 23.3. The molecule has 0 spiro atoms. The molecule has 1 aliphatic rings. The first-order valence-corrected chi connectivity index (χ1v) is 12.6. The average Bonchev–Trinajstić information content (AvgIpc) is 2.77. The van der Waals surface area contributed by atoms with Gasteiger partial charge in [-0.3, -0.25) is 9.10 Å². The highest BCUT2D eigenvalue weighted by atomic mass is 32.2. The molecule has 168 valence electrons. The lowest BCUT2D eigenvalue weighted by Gasteiger charge is -2.39. The number of hydrogen-bond donors (Lipinski definition) is 1. The highest BCUT2D eigenvalue weighted by Gasteiger charge is 2.37. The number of carbonyl (C=O) groups excluding carboxylic acids is 1. The van der Waals surface area contributed by atoms with Crippen molar-refractivity contribution in [1.82, 2.24) is 5.32 Å². The van der Waals surface area contributed by atoms with Gasteiger partial charge in [-0.15, -0.1) is 0 Å². The maximum absolute atomic E-state index is 13.3. The minimum absolute atomic E-state index is 0.215. The molecule has 1 N–H and O–H groups in total. The van der Waals surface area contributed by atoms with E-state index < -0.39 is 16.1 Å². The smallest absolute Gasteiger partial charge is 0.243 e. The van der Waals surface area contributed by atoms with Gasteiger partial charge in [-0.1, -0.05) is 55.0 Å². The van der Waals surface area contributed by atoms with Crippen LogP contribution in [0.2, 0.25) is 0 Å². The summed E-state index contributed by atoms with van der Waals surface area (Å²) in [6.45, 7) is 5.50. The lowest BCUT2D eigenvalue weighted by molar-refractivity contribution is -0.122. The first-order valence-electron chi connectivity index (χ1n) is 10.7. The number of nitrogens with one attached hydrogen (secondary N) is 1. The van der Waals surface area contributed by atoms with E-state index in [1.54, 1.807) is 12.1 Å². The molecule has 1 atom stereocenters. The maximum Gasteiger partial charge on any atom is 0.243 e. The lowest BCUT2D eigenvalue weighted by atomic mass is 9.74. The van der Waals surface area contributed by atoms with Crippen LogP contribution in [0.15, 0.2) is 54.6 Å². The molecule has 7 heteroatoms. The Bertz CT molecular complexity index is 968. The van der Waals surface area contributed by atoms with E-state index in [9.17, 15) is 13.2 Å². The third-order valence-corrected chi connectivity index (χ3v) is 7.24. The number of amides is 1. The average molecular weight is 445 g/mol. The molecule has 0 unspecified atom stereocenters. The zero-order chi connectivity index (χ0) is 22.5.